The van der Waals surface area contributed by atoms with Crippen LogP contribution in [0.2, 0.25) is 0 Å². The number of amides is 1. The fourth-order valence-corrected chi connectivity index (χ4v) is 4.67. The van der Waals surface area contributed by atoms with Crippen LogP contribution >= 0.6 is 0 Å². The molecule has 34 heavy (non-hydrogen) atoms. The first kappa shape index (κ1) is 22.2. The lowest BCUT2D eigenvalue weighted by atomic mass is 9.95. The van der Waals surface area contributed by atoms with Gasteiger partial charge in [-0.15, -0.1) is 0 Å². The number of aryl methyl sites for hydroxylation is 2. The van der Waals surface area contributed by atoms with Crippen molar-refractivity contribution < 1.29 is 4.79 Å². The van der Waals surface area contributed by atoms with E-state index < -0.39 is 0 Å². The molecular weight excluding hydrogens is 424 g/mol. The molecule has 174 valence electrons. The van der Waals surface area contributed by atoms with Gasteiger partial charge in [0.05, 0.1) is 11.2 Å². The Kier molecular flexibility index (Phi) is 6.11. The van der Waals surface area contributed by atoms with Crippen LogP contribution < -0.4 is 5.32 Å². The predicted octanol–water partition coefficient (Wildman–Crippen LogP) is 4.10. The van der Waals surface area contributed by atoms with Crippen LogP contribution in [0, 0.1) is 6.92 Å². The normalized spacial score (nSPS) is 12.9. The summed E-state index contributed by atoms with van der Waals surface area (Å²) in [4.78, 5) is 24.3. The van der Waals surface area contributed by atoms with E-state index in [-0.39, 0.29) is 5.91 Å². The SMILES string of the molecule is Cc1cccc(-c2nn3c(c2-c2ccnc4ccc(C(=O)NCCCN(C)C)cc24)CCC3)n1. The lowest BCUT2D eigenvalue weighted by molar-refractivity contribution is 0.0952. The van der Waals surface area contributed by atoms with Crippen LogP contribution in [0.5, 0.6) is 0 Å². The van der Waals surface area contributed by atoms with Gasteiger partial charge in [0.2, 0.25) is 0 Å². The van der Waals surface area contributed by atoms with Crippen LogP contribution in [0.4, 0.5) is 0 Å². The van der Waals surface area contributed by atoms with Gasteiger partial charge in [-0.05, 0) is 88.8 Å². The van der Waals surface area contributed by atoms with E-state index >= 15 is 0 Å². The third kappa shape index (κ3) is 4.31. The summed E-state index contributed by atoms with van der Waals surface area (Å²) in [6, 6.07) is 13.8. The molecule has 0 aliphatic carbocycles. The topological polar surface area (TPSA) is 75.9 Å². The van der Waals surface area contributed by atoms with E-state index in [1.165, 1.54) is 5.69 Å². The van der Waals surface area contributed by atoms with E-state index in [9.17, 15) is 4.79 Å². The van der Waals surface area contributed by atoms with Crippen molar-refractivity contribution in [1.29, 1.82) is 0 Å². The van der Waals surface area contributed by atoms with Gasteiger partial charge in [-0.25, -0.2) is 0 Å². The number of rotatable bonds is 7. The number of nitrogens with one attached hydrogen (secondary N) is 1. The Bertz CT molecular complexity index is 1360. The Morgan fingerprint density at radius 2 is 2.06 bits per heavy atom. The number of hydrogen-bond donors (Lipinski definition) is 1. The zero-order valence-electron chi connectivity index (χ0n) is 20.0. The first-order chi connectivity index (χ1) is 16.5. The van der Waals surface area contributed by atoms with E-state index in [0.717, 1.165) is 71.5 Å². The summed E-state index contributed by atoms with van der Waals surface area (Å²) < 4.78 is 2.11. The third-order valence-corrected chi connectivity index (χ3v) is 6.31. The maximum absolute atomic E-state index is 12.9. The average molecular weight is 455 g/mol. The summed E-state index contributed by atoms with van der Waals surface area (Å²) in [5.41, 5.74) is 7.61. The molecule has 7 nitrogen and oxygen atoms in total. The van der Waals surface area contributed by atoms with E-state index in [4.69, 9.17) is 10.1 Å². The summed E-state index contributed by atoms with van der Waals surface area (Å²) in [5, 5.41) is 8.96. The minimum atomic E-state index is -0.0590. The van der Waals surface area contributed by atoms with Crippen LogP contribution in [-0.2, 0) is 13.0 Å². The van der Waals surface area contributed by atoms with Crippen LogP contribution in [0.25, 0.3) is 33.4 Å². The van der Waals surface area contributed by atoms with Gasteiger partial charge in [-0.1, -0.05) is 6.07 Å². The minimum Gasteiger partial charge on any atom is -0.352 e. The van der Waals surface area contributed by atoms with Gasteiger partial charge in [0.25, 0.3) is 5.91 Å². The van der Waals surface area contributed by atoms with Crippen molar-refractivity contribution in [2.75, 3.05) is 27.2 Å². The van der Waals surface area contributed by atoms with Gasteiger partial charge in [0, 0.05) is 47.2 Å². The molecule has 4 aromatic rings. The van der Waals surface area contributed by atoms with Crippen molar-refractivity contribution in [3.8, 4) is 22.5 Å². The highest BCUT2D eigenvalue weighted by Crippen LogP contribution is 2.39. The van der Waals surface area contributed by atoms with Crippen molar-refractivity contribution in [1.82, 2.24) is 30.0 Å². The number of carbonyl (C=O) groups excluding carboxylic acids is 1. The van der Waals surface area contributed by atoms with Gasteiger partial charge in [0.1, 0.15) is 5.69 Å². The zero-order chi connectivity index (χ0) is 23.7. The number of pyridine rings is 2. The van der Waals surface area contributed by atoms with Crippen molar-refractivity contribution in [3.63, 3.8) is 0 Å². The van der Waals surface area contributed by atoms with Gasteiger partial charge in [-0.2, -0.15) is 5.10 Å². The monoisotopic (exact) mass is 454 g/mol. The number of aromatic nitrogens is 4. The molecule has 4 heterocycles. The molecule has 0 unspecified atom stereocenters. The first-order valence-corrected chi connectivity index (χ1v) is 11.9. The molecule has 1 aliphatic rings. The first-order valence-electron chi connectivity index (χ1n) is 11.9. The number of benzene rings is 1. The third-order valence-electron chi connectivity index (χ3n) is 6.31. The Balaban J connectivity index is 1.57. The van der Waals surface area contributed by atoms with Crippen molar-refractivity contribution in [2.45, 2.75) is 32.7 Å². The Hall–Kier alpha value is -3.58. The Labute approximate surface area is 199 Å². The largest absolute Gasteiger partial charge is 0.352 e. The summed E-state index contributed by atoms with van der Waals surface area (Å²) >= 11 is 0. The van der Waals surface area contributed by atoms with E-state index in [0.29, 0.717) is 12.1 Å². The molecule has 1 N–H and O–H groups in total. The van der Waals surface area contributed by atoms with Crippen LogP contribution in [0.1, 0.15) is 34.6 Å². The van der Waals surface area contributed by atoms with Gasteiger partial charge < -0.3 is 10.2 Å². The molecule has 0 bridgehead atoms. The molecule has 5 rings (SSSR count). The van der Waals surface area contributed by atoms with Gasteiger partial charge >= 0.3 is 0 Å². The van der Waals surface area contributed by atoms with E-state index in [1.54, 1.807) is 0 Å². The summed E-state index contributed by atoms with van der Waals surface area (Å²) in [7, 11) is 4.07. The molecule has 1 aromatic carbocycles. The molecule has 7 heteroatoms. The molecule has 3 aromatic heterocycles. The highest BCUT2D eigenvalue weighted by molar-refractivity contribution is 6.03. The van der Waals surface area contributed by atoms with E-state index in [2.05, 4.69) is 19.9 Å². The quantitative estimate of drug-likeness (QED) is 0.426. The summed E-state index contributed by atoms with van der Waals surface area (Å²) in [5.74, 6) is -0.0590. The number of fused-ring (bicyclic) bond motifs is 2. The molecule has 0 saturated heterocycles. The Morgan fingerprint density at radius 1 is 1.18 bits per heavy atom. The highest BCUT2D eigenvalue weighted by atomic mass is 16.1. The maximum Gasteiger partial charge on any atom is 0.251 e. The molecule has 0 saturated carbocycles. The molecule has 0 fully saturated rings. The summed E-state index contributed by atoms with van der Waals surface area (Å²) in [6.45, 7) is 4.50. The van der Waals surface area contributed by atoms with Crippen molar-refractivity contribution >= 4 is 16.8 Å². The maximum atomic E-state index is 12.9. The molecule has 0 atom stereocenters. The number of nitrogens with zero attached hydrogens (tertiary/aromatic N) is 5. The second-order valence-electron chi connectivity index (χ2n) is 9.16. The fraction of sp³-hybridized carbons (Fsp3) is 0.333. The predicted molar refractivity (Wildman–Crippen MR) is 135 cm³/mol. The van der Waals surface area contributed by atoms with Crippen LogP contribution in [0.3, 0.4) is 0 Å². The van der Waals surface area contributed by atoms with Crippen molar-refractivity contribution in [3.05, 3.63) is 65.6 Å². The standard InChI is InChI=1S/C27H30N6O/c1-18-7-4-8-23(30-18)26-25(24-9-5-16-33(24)31-26)20-12-14-28-22-11-10-19(17-21(20)22)27(34)29-13-6-15-32(2)3/h4,7-8,10-12,14,17H,5-6,9,13,15-16H2,1-3H3,(H,29,34). The Morgan fingerprint density at radius 3 is 2.88 bits per heavy atom. The number of carbonyl (C=O) groups is 1. The fourth-order valence-electron chi connectivity index (χ4n) is 4.67. The van der Waals surface area contributed by atoms with Crippen LogP contribution in [0.15, 0.2) is 48.7 Å². The molecule has 0 spiro atoms. The van der Waals surface area contributed by atoms with E-state index in [1.807, 2.05) is 69.7 Å². The lowest BCUT2D eigenvalue weighted by Gasteiger charge is -2.12. The summed E-state index contributed by atoms with van der Waals surface area (Å²) in [6.07, 6.45) is 4.81. The van der Waals surface area contributed by atoms with Crippen molar-refractivity contribution in [2.24, 2.45) is 0 Å². The molecule has 0 radical (unpaired) electrons. The second-order valence-corrected chi connectivity index (χ2v) is 9.16. The van der Waals surface area contributed by atoms with Gasteiger partial charge in [0.15, 0.2) is 0 Å². The minimum absolute atomic E-state index is 0.0590. The number of hydrogen-bond acceptors (Lipinski definition) is 5. The van der Waals surface area contributed by atoms with Crippen LogP contribution in [-0.4, -0.2) is 57.7 Å². The van der Waals surface area contributed by atoms with Gasteiger partial charge in [-0.3, -0.25) is 19.4 Å². The average Bonchev–Trinajstić information content (AvgIpc) is 3.42. The smallest absolute Gasteiger partial charge is 0.251 e. The lowest BCUT2D eigenvalue weighted by Crippen LogP contribution is -2.27. The molecule has 1 amide bonds. The second kappa shape index (κ2) is 9.35. The molecular formula is C27H30N6O. The highest BCUT2D eigenvalue weighted by Gasteiger charge is 2.26. The molecule has 1 aliphatic heterocycles. The zero-order valence-corrected chi connectivity index (χ0v) is 20.0.